The first-order valence-electron chi connectivity index (χ1n) is 9.14. The summed E-state index contributed by atoms with van der Waals surface area (Å²) in [6, 6.07) is 12.5. The van der Waals surface area contributed by atoms with Crippen molar-refractivity contribution in [2.45, 2.75) is 36.9 Å². The van der Waals surface area contributed by atoms with E-state index in [4.69, 9.17) is 9.47 Å². The van der Waals surface area contributed by atoms with Crippen molar-refractivity contribution in [3.8, 4) is 0 Å². The van der Waals surface area contributed by atoms with Crippen molar-refractivity contribution in [2.75, 3.05) is 17.7 Å². The van der Waals surface area contributed by atoms with Crippen molar-refractivity contribution >= 4 is 29.3 Å². The van der Waals surface area contributed by atoms with Gasteiger partial charge in [-0.15, -0.1) is 11.8 Å². The Morgan fingerprint density at radius 3 is 2.71 bits per heavy atom. The van der Waals surface area contributed by atoms with E-state index >= 15 is 0 Å². The van der Waals surface area contributed by atoms with E-state index in [1.807, 2.05) is 12.1 Å². The number of benzene rings is 2. The molecule has 2 aromatic rings. The third kappa shape index (κ3) is 5.56. The highest BCUT2D eigenvalue weighted by Crippen LogP contribution is 2.27. The van der Waals surface area contributed by atoms with E-state index in [0.29, 0.717) is 11.3 Å². The Bertz CT molecular complexity index is 821. The second kappa shape index (κ2) is 9.71. The van der Waals surface area contributed by atoms with Gasteiger partial charge in [-0.25, -0.2) is 9.18 Å². The number of ether oxygens (including phenoxy) is 2. The second-order valence-electron chi connectivity index (χ2n) is 6.49. The number of carbonyl (C=O) groups excluding carboxylic acids is 2. The first-order valence-corrected chi connectivity index (χ1v) is 10.1. The molecule has 0 saturated carbocycles. The number of carbonyl (C=O) groups is 2. The summed E-state index contributed by atoms with van der Waals surface area (Å²) >= 11 is 1.55. The normalized spacial score (nSPS) is 17.1. The Balaban J connectivity index is 1.58. The van der Waals surface area contributed by atoms with E-state index in [9.17, 15) is 14.0 Å². The number of thioether (sulfide) groups is 1. The van der Waals surface area contributed by atoms with Gasteiger partial charge in [0.25, 0.3) is 5.91 Å². The molecule has 1 heterocycles. The van der Waals surface area contributed by atoms with Crippen LogP contribution in [0.2, 0.25) is 0 Å². The number of hydrogen-bond acceptors (Lipinski definition) is 5. The van der Waals surface area contributed by atoms with Gasteiger partial charge in [0.2, 0.25) is 0 Å². The van der Waals surface area contributed by atoms with Crippen LogP contribution in [0, 0.1) is 5.82 Å². The topological polar surface area (TPSA) is 64.6 Å². The highest BCUT2D eigenvalue weighted by atomic mass is 32.2. The van der Waals surface area contributed by atoms with E-state index in [-0.39, 0.29) is 6.10 Å². The number of anilines is 1. The van der Waals surface area contributed by atoms with Crippen LogP contribution in [0.3, 0.4) is 0 Å². The lowest BCUT2D eigenvalue weighted by Crippen LogP contribution is -2.30. The molecule has 5 nitrogen and oxygen atoms in total. The summed E-state index contributed by atoms with van der Waals surface area (Å²) in [4.78, 5) is 25.6. The minimum atomic E-state index is -0.992. The van der Waals surface area contributed by atoms with E-state index in [1.165, 1.54) is 31.2 Å². The van der Waals surface area contributed by atoms with Gasteiger partial charge in [0.15, 0.2) is 6.10 Å². The van der Waals surface area contributed by atoms with Gasteiger partial charge in [-0.2, -0.15) is 0 Å². The molecule has 0 aromatic heterocycles. The molecule has 7 heteroatoms. The fourth-order valence-electron chi connectivity index (χ4n) is 2.77. The van der Waals surface area contributed by atoms with E-state index in [1.54, 1.807) is 23.9 Å². The average molecular weight is 403 g/mol. The fourth-order valence-corrected chi connectivity index (χ4v) is 3.88. The molecular weight excluding hydrogens is 381 g/mol. The number of rotatable bonds is 7. The molecule has 2 aromatic carbocycles. The molecule has 1 N–H and O–H groups in total. The maximum absolute atomic E-state index is 12.9. The summed E-state index contributed by atoms with van der Waals surface area (Å²) in [5, 5.41) is 2.60. The van der Waals surface area contributed by atoms with Gasteiger partial charge < -0.3 is 14.8 Å². The van der Waals surface area contributed by atoms with Crippen LogP contribution in [0.25, 0.3) is 0 Å². The van der Waals surface area contributed by atoms with Gasteiger partial charge in [0.05, 0.1) is 11.7 Å². The molecule has 1 fully saturated rings. The number of esters is 1. The summed E-state index contributed by atoms with van der Waals surface area (Å²) in [7, 11) is 0. The van der Waals surface area contributed by atoms with Crippen LogP contribution in [-0.2, 0) is 14.3 Å². The lowest BCUT2D eigenvalue weighted by atomic mass is 10.2. The number of nitrogens with one attached hydrogen (secondary N) is 1. The molecule has 0 spiro atoms. The molecule has 0 bridgehead atoms. The molecule has 0 aliphatic carbocycles. The van der Waals surface area contributed by atoms with Crippen molar-refractivity contribution < 1.29 is 23.5 Å². The lowest BCUT2D eigenvalue weighted by Gasteiger charge is -2.15. The van der Waals surface area contributed by atoms with Crippen molar-refractivity contribution in [3.05, 3.63) is 59.9 Å². The maximum Gasteiger partial charge on any atom is 0.340 e. The summed E-state index contributed by atoms with van der Waals surface area (Å²) in [6.45, 7) is 2.29. The monoisotopic (exact) mass is 403 g/mol. The Morgan fingerprint density at radius 1 is 1.25 bits per heavy atom. The zero-order valence-corrected chi connectivity index (χ0v) is 16.3. The van der Waals surface area contributed by atoms with Gasteiger partial charge in [0, 0.05) is 22.9 Å². The molecule has 28 heavy (non-hydrogen) atoms. The largest absolute Gasteiger partial charge is 0.449 e. The van der Waals surface area contributed by atoms with Crippen LogP contribution in [0.1, 0.15) is 30.1 Å². The molecule has 1 aliphatic rings. The van der Waals surface area contributed by atoms with Crippen molar-refractivity contribution in [1.82, 2.24) is 0 Å². The van der Waals surface area contributed by atoms with E-state index < -0.39 is 23.8 Å². The van der Waals surface area contributed by atoms with Crippen LogP contribution >= 0.6 is 11.8 Å². The zero-order valence-electron chi connectivity index (χ0n) is 15.5. The second-order valence-corrected chi connectivity index (χ2v) is 7.55. The smallest absolute Gasteiger partial charge is 0.340 e. The Hall–Kier alpha value is -2.38. The van der Waals surface area contributed by atoms with Crippen molar-refractivity contribution in [2.24, 2.45) is 0 Å². The summed E-state index contributed by atoms with van der Waals surface area (Å²) < 4.78 is 23.9. The third-order valence-corrected chi connectivity index (χ3v) is 5.53. The van der Waals surface area contributed by atoms with Gasteiger partial charge in [-0.3, -0.25) is 4.79 Å². The standard InChI is InChI=1S/C21H22FNO4S/c1-14(20(24)23-16-10-8-15(22)9-11-16)27-21(25)18-6-2-3-7-19(18)28-13-17-5-4-12-26-17/h2-3,6-11,14,17H,4-5,12-13H2,1H3,(H,23,24)/t14-,17-/m0/s1. The summed E-state index contributed by atoms with van der Waals surface area (Å²) in [5.74, 6) is -0.665. The highest BCUT2D eigenvalue weighted by molar-refractivity contribution is 7.99. The highest BCUT2D eigenvalue weighted by Gasteiger charge is 2.22. The molecule has 1 aliphatic heterocycles. The Morgan fingerprint density at radius 2 is 2.00 bits per heavy atom. The molecule has 1 saturated heterocycles. The summed E-state index contributed by atoms with van der Waals surface area (Å²) in [5.41, 5.74) is 0.855. The average Bonchev–Trinajstić information content (AvgIpc) is 3.22. The SMILES string of the molecule is C[C@H](OC(=O)c1ccccc1SC[C@@H]1CCCO1)C(=O)Nc1ccc(F)cc1. The predicted octanol–water partition coefficient (Wildman–Crippen LogP) is 4.28. The van der Waals surface area contributed by atoms with Crippen LogP contribution in [-0.4, -0.2) is 36.4 Å². The van der Waals surface area contributed by atoms with Crippen LogP contribution in [0.15, 0.2) is 53.4 Å². The number of hydrogen-bond donors (Lipinski definition) is 1. The molecular formula is C21H22FNO4S. The maximum atomic E-state index is 12.9. The van der Waals surface area contributed by atoms with Gasteiger partial charge in [0.1, 0.15) is 5.82 Å². The number of amides is 1. The lowest BCUT2D eigenvalue weighted by molar-refractivity contribution is -0.123. The van der Waals surface area contributed by atoms with E-state index in [0.717, 1.165) is 30.1 Å². The Labute approximate surface area is 167 Å². The first-order chi connectivity index (χ1) is 13.5. The molecule has 148 valence electrons. The first kappa shape index (κ1) is 20.4. The predicted molar refractivity (Wildman–Crippen MR) is 106 cm³/mol. The van der Waals surface area contributed by atoms with Gasteiger partial charge in [-0.05, 0) is 56.2 Å². The van der Waals surface area contributed by atoms with Crippen LogP contribution < -0.4 is 5.32 Å². The van der Waals surface area contributed by atoms with Gasteiger partial charge in [-0.1, -0.05) is 12.1 Å². The minimum absolute atomic E-state index is 0.203. The van der Waals surface area contributed by atoms with E-state index in [2.05, 4.69) is 5.32 Å². The molecule has 0 unspecified atom stereocenters. The minimum Gasteiger partial charge on any atom is -0.449 e. The van der Waals surface area contributed by atoms with Gasteiger partial charge >= 0.3 is 5.97 Å². The molecule has 2 atom stereocenters. The zero-order chi connectivity index (χ0) is 19.9. The van der Waals surface area contributed by atoms with Crippen LogP contribution in [0.4, 0.5) is 10.1 Å². The molecule has 3 rings (SSSR count). The van der Waals surface area contributed by atoms with Crippen molar-refractivity contribution in [3.63, 3.8) is 0 Å². The molecule has 1 amide bonds. The molecule has 0 radical (unpaired) electrons. The fraction of sp³-hybridized carbons (Fsp3) is 0.333. The Kier molecular flexibility index (Phi) is 7.06. The number of halogens is 1. The quantitative estimate of drug-likeness (QED) is 0.552. The van der Waals surface area contributed by atoms with Crippen LogP contribution in [0.5, 0.6) is 0 Å². The summed E-state index contributed by atoms with van der Waals surface area (Å²) in [6.07, 6.45) is 1.30. The third-order valence-electron chi connectivity index (χ3n) is 4.32. The van der Waals surface area contributed by atoms with Crippen molar-refractivity contribution in [1.29, 1.82) is 0 Å².